The molecule has 0 amide bonds. The van der Waals surface area contributed by atoms with Gasteiger partial charge < -0.3 is 19.1 Å². The summed E-state index contributed by atoms with van der Waals surface area (Å²) >= 11 is 0. The Morgan fingerprint density at radius 2 is 0.662 bits per heavy atom. The van der Waals surface area contributed by atoms with Gasteiger partial charge in [0.15, 0.2) is 0 Å². The molecule has 0 aliphatic carbocycles. The van der Waals surface area contributed by atoms with Gasteiger partial charge in [-0.15, -0.1) is 0 Å². The summed E-state index contributed by atoms with van der Waals surface area (Å²) in [5.74, 6) is 0. The number of benzene rings is 12. The molecular formula is C66H40N3OP. The van der Waals surface area contributed by atoms with Crippen molar-refractivity contribution in [2.24, 2.45) is 0 Å². The predicted octanol–water partition coefficient (Wildman–Crippen LogP) is 17.5. The van der Waals surface area contributed by atoms with Crippen molar-refractivity contribution >= 4 is 129 Å². The standard InChI is InChI=1S/C66H40N3OP/c1-4-20-45(21-5-1)67-54-30-16-32-56-64(54)71-65-55(67)31-17-33-57(65)69(47-24-8-3-9-25-47)59-39-44(38-58(66(59)71)68(56)46-22-6-2-7-23-46)63-50-28-14-12-26-48(50)62(49-27-13-15-29-51(49)63)43-34-35-60-52(37-43)53-36-41-18-10-11-19-42(41)40-61(53)70-60/h1-40H. The quantitative estimate of drug-likeness (QED) is 0.127. The molecule has 0 atom stereocenters. The molecule has 0 spiro atoms. The first-order chi connectivity index (χ1) is 35.2. The van der Waals surface area contributed by atoms with Crippen LogP contribution in [0.15, 0.2) is 247 Å². The van der Waals surface area contributed by atoms with Crippen LogP contribution in [-0.2, 0) is 0 Å². The topological polar surface area (TPSA) is 22.9 Å². The number of para-hydroxylation sites is 3. The van der Waals surface area contributed by atoms with Crippen LogP contribution in [0, 0.1) is 0 Å². The van der Waals surface area contributed by atoms with Gasteiger partial charge in [0, 0.05) is 51.7 Å². The molecule has 3 aliphatic rings. The molecular weight excluding hydrogens is 882 g/mol. The molecule has 1 aromatic heterocycles. The SMILES string of the molecule is c1ccc(N2c3cccc4c3P3c5c2cccc5N(c2ccccc2)c2cc(-c5c6ccccc6c(-c6ccc7oc8cc9ccccc9cc8c7c6)c6ccccc56)cc(c23)N4c2ccccc2)cc1. The third kappa shape index (κ3) is 5.48. The Bertz CT molecular complexity index is 4200. The van der Waals surface area contributed by atoms with Crippen LogP contribution in [-0.4, -0.2) is 0 Å². The first-order valence-corrected chi connectivity index (χ1v) is 25.7. The summed E-state index contributed by atoms with van der Waals surface area (Å²) in [5.41, 5.74) is 17.4. The minimum absolute atomic E-state index is 0.896. The van der Waals surface area contributed by atoms with E-state index in [0.29, 0.717) is 0 Å². The number of hydrogen-bond donors (Lipinski definition) is 0. The molecule has 5 heteroatoms. The Morgan fingerprint density at radius 3 is 1.15 bits per heavy atom. The van der Waals surface area contributed by atoms with E-state index in [1.165, 1.54) is 105 Å². The van der Waals surface area contributed by atoms with Gasteiger partial charge in [0.05, 0.1) is 34.1 Å². The molecule has 4 heterocycles. The Balaban J connectivity index is 0.999. The first-order valence-electron chi connectivity index (χ1n) is 24.3. The minimum atomic E-state index is -1.01. The van der Waals surface area contributed by atoms with Crippen molar-refractivity contribution < 1.29 is 4.42 Å². The molecule has 16 rings (SSSR count). The first kappa shape index (κ1) is 39.0. The number of fused-ring (bicyclic) bond motifs is 6. The van der Waals surface area contributed by atoms with Crippen molar-refractivity contribution in [3.8, 4) is 22.3 Å². The van der Waals surface area contributed by atoms with E-state index in [1.807, 2.05) is 0 Å². The zero-order valence-corrected chi connectivity index (χ0v) is 39.2. The minimum Gasteiger partial charge on any atom is -0.456 e. The molecule has 0 fully saturated rings. The van der Waals surface area contributed by atoms with Gasteiger partial charge in [-0.2, -0.15) is 0 Å². The number of rotatable bonds is 5. The number of anilines is 9. The largest absolute Gasteiger partial charge is 0.456 e. The second-order valence-electron chi connectivity index (χ2n) is 18.9. The Kier molecular flexibility index (Phi) is 8.11. The summed E-state index contributed by atoms with van der Waals surface area (Å²) in [4.78, 5) is 7.61. The fraction of sp³-hybridized carbons (Fsp3) is 0. The molecule has 0 bridgehead atoms. The molecule has 71 heavy (non-hydrogen) atoms. The van der Waals surface area contributed by atoms with E-state index >= 15 is 0 Å². The Morgan fingerprint density at radius 1 is 0.268 bits per heavy atom. The van der Waals surface area contributed by atoms with Crippen molar-refractivity contribution in [3.05, 3.63) is 243 Å². The maximum atomic E-state index is 6.53. The summed E-state index contributed by atoms with van der Waals surface area (Å²) in [7, 11) is -1.01. The van der Waals surface area contributed by atoms with E-state index in [-0.39, 0.29) is 0 Å². The van der Waals surface area contributed by atoms with Crippen LogP contribution in [0.3, 0.4) is 0 Å². The van der Waals surface area contributed by atoms with Crippen molar-refractivity contribution in [1.82, 2.24) is 0 Å². The normalized spacial score (nSPS) is 13.5. The second-order valence-corrected chi connectivity index (χ2v) is 20.9. The smallest absolute Gasteiger partial charge is 0.136 e. The summed E-state index contributed by atoms with van der Waals surface area (Å²) in [6.45, 7) is 0. The zero-order valence-electron chi connectivity index (χ0n) is 38.3. The molecule has 0 unspecified atom stereocenters. The van der Waals surface area contributed by atoms with Crippen LogP contribution < -0.4 is 30.6 Å². The van der Waals surface area contributed by atoms with E-state index < -0.39 is 7.92 Å². The highest BCUT2D eigenvalue weighted by molar-refractivity contribution is 7.82. The van der Waals surface area contributed by atoms with Gasteiger partial charge in [0.2, 0.25) is 0 Å². The number of hydrogen-bond acceptors (Lipinski definition) is 4. The van der Waals surface area contributed by atoms with Crippen LogP contribution in [0.4, 0.5) is 51.2 Å². The fourth-order valence-corrected chi connectivity index (χ4v) is 15.3. The molecule has 4 nitrogen and oxygen atoms in total. The third-order valence-corrected chi connectivity index (χ3v) is 17.8. The van der Waals surface area contributed by atoms with Gasteiger partial charge in [-0.05, 0) is 152 Å². The van der Waals surface area contributed by atoms with Crippen LogP contribution >= 0.6 is 7.92 Å². The molecule has 330 valence electrons. The van der Waals surface area contributed by atoms with Crippen molar-refractivity contribution in [3.63, 3.8) is 0 Å². The van der Waals surface area contributed by atoms with Gasteiger partial charge in [-0.1, -0.05) is 146 Å². The van der Waals surface area contributed by atoms with Gasteiger partial charge in [0.25, 0.3) is 0 Å². The monoisotopic (exact) mass is 921 g/mol. The average molecular weight is 922 g/mol. The lowest BCUT2D eigenvalue weighted by atomic mass is 9.85. The molecule has 3 aliphatic heterocycles. The fourth-order valence-electron chi connectivity index (χ4n) is 12.2. The summed E-state index contributed by atoms with van der Waals surface area (Å²) in [6.07, 6.45) is 0. The molecule has 0 saturated heterocycles. The van der Waals surface area contributed by atoms with Crippen molar-refractivity contribution in [2.75, 3.05) is 14.7 Å². The van der Waals surface area contributed by atoms with Gasteiger partial charge in [-0.25, -0.2) is 0 Å². The zero-order chi connectivity index (χ0) is 46.3. The predicted molar refractivity (Wildman–Crippen MR) is 301 cm³/mol. The van der Waals surface area contributed by atoms with Crippen molar-refractivity contribution in [1.29, 1.82) is 0 Å². The second kappa shape index (κ2) is 14.8. The highest BCUT2D eigenvalue weighted by Crippen LogP contribution is 2.63. The highest BCUT2D eigenvalue weighted by Gasteiger charge is 2.47. The highest BCUT2D eigenvalue weighted by atomic mass is 31.1. The average Bonchev–Trinajstić information content (AvgIpc) is 3.79. The summed E-state index contributed by atoms with van der Waals surface area (Å²) in [6, 6.07) is 89.7. The molecule has 12 aromatic carbocycles. The van der Waals surface area contributed by atoms with Crippen LogP contribution in [0.1, 0.15) is 0 Å². The Hall–Kier alpha value is -8.95. The van der Waals surface area contributed by atoms with Gasteiger partial charge >= 0.3 is 0 Å². The maximum absolute atomic E-state index is 6.53. The summed E-state index contributed by atoms with van der Waals surface area (Å²) < 4.78 is 6.53. The summed E-state index contributed by atoms with van der Waals surface area (Å²) in [5, 5.41) is 13.7. The molecule has 0 saturated carbocycles. The van der Waals surface area contributed by atoms with Crippen LogP contribution in [0.5, 0.6) is 0 Å². The molecule has 0 radical (unpaired) electrons. The van der Waals surface area contributed by atoms with E-state index in [0.717, 1.165) is 39.0 Å². The lowest BCUT2D eigenvalue weighted by Gasteiger charge is -2.50. The van der Waals surface area contributed by atoms with E-state index in [4.69, 9.17) is 4.42 Å². The molecule has 13 aromatic rings. The number of nitrogens with zero attached hydrogens (tertiary/aromatic N) is 3. The third-order valence-electron chi connectivity index (χ3n) is 15.1. The van der Waals surface area contributed by atoms with Crippen LogP contribution in [0.25, 0.3) is 76.5 Å². The van der Waals surface area contributed by atoms with E-state index in [9.17, 15) is 0 Å². The molecule has 0 N–H and O–H groups in total. The Labute approximate surface area is 411 Å². The van der Waals surface area contributed by atoms with E-state index in [2.05, 4.69) is 257 Å². The lowest BCUT2D eigenvalue weighted by Crippen LogP contribution is -2.45. The van der Waals surface area contributed by atoms with Crippen LogP contribution in [0.2, 0.25) is 0 Å². The van der Waals surface area contributed by atoms with Gasteiger partial charge in [0.1, 0.15) is 11.2 Å². The van der Waals surface area contributed by atoms with E-state index in [1.54, 1.807) is 0 Å². The lowest BCUT2D eigenvalue weighted by molar-refractivity contribution is 0.669. The maximum Gasteiger partial charge on any atom is 0.136 e. The van der Waals surface area contributed by atoms with Crippen molar-refractivity contribution in [2.45, 2.75) is 0 Å². The van der Waals surface area contributed by atoms with Gasteiger partial charge in [-0.3, -0.25) is 0 Å². The number of furan rings is 1.